The monoisotopic (exact) mass is 237 g/mol. The smallest absolute Gasteiger partial charge is 0.231 e. The molecule has 0 saturated heterocycles. The number of fused-ring (bicyclic) bond motifs is 1. The summed E-state index contributed by atoms with van der Waals surface area (Å²) in [5.74, 6) is 0.464. The zero-order valence-electron chi connectivity index (χ0n) is 9.67. The van der Waals surface area contributed by atoms with Gasteiger partial charge in [0.2, 0.25) is 12.5 Å². The molecule has 1 saturated carbocycles. The van der Waals surface area contributed by atoms with Crippen LogP contribution in [0.1, 0.15) is 31.2 Å². The third-order valence-corrected chi connectivity index (χ3v) is 4.00. The maximum absolute atomic E-state index is 14.4. The maximum atomic E-state index is 14.4. The normalized spacial score (nSPS) is 20.8. The van der Waals surface area contributed by atoms with Gasteiger partial charge in [-0.05, 0) is 24.5 Å². The van der Waals surface area contributed by atoms with Crippen molar-refractivity contribution < 1.29 is 13.9 Å². The number of rotatable bonds is 2. The molecule has 4 heteroatoms. The standard InChI is InChI=1S/C13H16FNO2/c14-11-9(13(7-15)5-1-2-6-13)3-4-10-12(11)17-8-16-10/h3-4H,1-2,5-8,15H2. The third kappa shape index (κ3) is 1.51. The van der Waals surface area contributed by atoms with Gasteiger partial charge in [-0.25, -0.2) is 4.39 Å². The molecule has 1 heterocycles. The highest BCUT2D eigenvalue weighted by Crippen LogP contribution is 2.46. The van der Waals surface area contributed by atoms with E-state index in [0.29, 0.717) is 17.9 Å². The summed E-state index contributed by atoms with van der Waals surface area (Å²) in [6.07, 6.45) is 4.15. The second kappa shape index (κ2) is 3.88. The van der Waals surface area contributed by atoms with Gasteiger partial charge < -0.3 is 15.2 Å². The largest absolute Gasteiger partial charge is 0.453 e. The van der Waals surface area contributed by atoms with Gasteiger partial charge in [0.05, 0.1) is 0 Å². The van der Waals surface area contributed by atoms with Crippen molar-refractivity contribution in [2.75, 3.05) is 13.3 Å². The fraction of sp³-hybridized carbons (Fsp3) is 0.538. The van der Waals surface area contributed by atoms with E-state index in [1.165, 1.54) is 0 Å². The van der Waals surface area contributed by atoms with Crippen molar-refractivity contribution in [1.29, 1.82) is 0 Å². The molecule has 1 aromatic carbocycles. The highest BCUT2D eigenvalue weighted by molar-refractivity contribution is 5.48. The van der Waals surface area contributed by atoms with E-state index in [4.69, 9.17) is 15.2 Å². The van der Waals surface area contributed by atoms with Gasteiger partial charge in [0.15, 0.2) is 11.6 Å². The van der Waals surface area contributed by atoms with Crippen LogP contribution in [0.25, 0.3) is 0 Å². The van der Waals surface area contributed by atoms with Crippen molar-refractivity contribution in [3.05, 3.63) is 23.5 Å². The molecule has 1 fully saturated rings. The van der Waals surface area contributed by atoms with Crippen molar-refractivity contribution >= 4 is 0 Å². The summed E-state index contributed by atoms with van der Waals surface area (Å²) in [6.45, 7) is 0.592. The van der Waals surface area contributed by atoms with E-state index >= 15 is 0 Å². The first-order chi connectivity index (χ1) is 8.27. The van der Waals surface area contributed by atoms with Gasteiger partial charge in [-0.15, -0.1) is 0 Å². The van der Waals surface area contributed by atoms with Crippen LogP contribution in [0.4, 0.5) is 4.39 Å². The van der Waals surface area contributed by atoms with Crippen LogP contribution in [0.3, 0.4) is 0 Å². The Kier molecular flexibility index (Phi) is 2.47. The van der Waals surface area contributed by atoms with Crippen LogP contribution in [0.5, 0.6) is 11.5 Å². The van der Waals surface area contributed by atoms with Crippen molar-refractivity contribution in [3.63, 3.8) is 0 Å². The van der Waals surface area contributed by atoms with E-state index < -0.39 is 0 Å². The van der Waals surface area contributed by atoms with Gasteiger partial charge in [-0.1, -0.05) is 18.9 Å². The second-order valence-corrected chi connectivity index (χ2v) is 4.85. The molecule has 1 aliphatic carbocycles. The van der Waals surface area contributed by atoms with Crippen LogP contribution in [0.15, 0.2) is 12.1 Å². The van der Waals surface area contributed by atoms with Gasteiger partial charge in [-0.3, -0.25) is 0 Å². The van der Waals surface area contributed by atoms with Gasteiger partial charge in [0, 0.05) is 12.0 Å². The Morgan fingerprint density at radius 3 is 2.71 bits per heavy atom. The number of halogens is 1. The van der Waals surface area contributed by atoms with Gasteiger partial charge in [0.1, 0.15) is 0 Å². The first-order valence-electron chi connectivity index (χ1n) is 6.05. The average Bonchev–Trinajstić information content (AvgIpc) is 2.98. The quantitative estimate of drug-likeness (QED) is 0.858. The summed E-state index contributed by atoms with van der Waals surface area (Å²) in [6, 6.07) is 3.59. The molecule has 3 rings (SSSR count). The Bertz CT molecular complexity index is 441. The molecule has 0 aromatic heterocycles. The van der Waals surface area contributed by atoms with E-state index in [-0.39, 0.29) is 23.8 Å². The van der Waals surface area contributed by atoms with Gasteiger partial charge in [0.25, 0.3) is 0 Å². The van der Waals surface area contributed by atoms with Crippen LogP contribution in [-0.2, 0) is 5.41 Å². The lowest BCUT2D eigenvalue weighted by molar-refractivity contribution is 0.170. The Balaban J connectivity index is 2.09. The van der Waals surface area contributed by atoms with Crippen molar-refractivity contribution in [2.24, 2.45) is 5.73 Å². The molecule has 1 aliphatic heterocycles. The summed E-state index contributed by atoms with van der Waals surface area (Å²) in [4.78, 5) is 0. The third-order valence-electron chi connectivity index (χ3n) is 4.00. The zero-order chi connectivity index (χ0) is 11.9. The average molecular weight is 237 g/mol. The van der Waals surface area contributed by atoms with E-state index in [9.17, 15) is 4.39 Å². The Hall–Kier alpha value is -1.29. The van der Waals surface area contributed by atoms with Crippen molar-refractivity contribution in [3.8, 4) is 11.5 Å². The lowest BCUT2D eigenvalue weighted by Gasteiger charge is -2.28. The van der Waals surface area contributed by atoms with Crippen LogP contribution < -0.4 is 15.2 Å². The number of benzene rings is 1. The molecule has 0 bridgehead atoms. The lowest BCUT2D eigenvalue weighted by atomic mass is 9.78. The first kappa shape index (κ1) is 10.8. The number of ether oxygens (including phenoxy) is 2. The van der Waals surface area contributed by atoms with Gasteiger partial charge >= 0.3 is 0 Å². The molecule has 2 N–H and O–H groups in total. The van der Waals surface area contributed by atoms with Crippen LogP contribution in [0, 0.1) is 5.82 Å². The Morgan fingerprint density at radius 1 is 1.24 bits per heavy atom. The molecule has 0 spiro atoms. The SMILES string of the molecule is NCC1(c2ccc3c(c2F)OCO3)CCCC1. The minimum Gasteiger partial charge on any atom is -0.453 e. The molecule has 3 nitrogen and oxygen atoms in total. The fourth-order valence-electron chi connectivity index (χ4n) is 2.98. The predicted octanol–water partition coefficient (Wildman–Crippen LogP) is 2.32. The van der Waals surface area contributed by atoms with Crippen molar-refractivity contribution in [2.45, 2.75) is 31.1 Å². The highest BCUT2D eigenvalue weighted by Gasteiger charge is 2.38. The summed E-state index contributed by atoms with van der Waals surface area (Å²) in [7, 11) is 0. The van der Waals surface area contributed by atoms with Gasteiger partial charge in [-0.2, -0.15) is 0 Å². The minimum absolute atomic E-state index is 0.103. The van der Waals surface area contributed by atoms with E-state index in [1.807, 2.05) is 0 Å². The first-order valence-corrected chi connectivity index (χ1v) is 6.05. The van der Waals surface area contributed by atoms with E-state index in [2.05, 4.69) is 0 Å². The molecule has 0 radical (unpaired) electrons. The summed E-state index contributed by atoms with van der Waals surface area (Å²) in [5.41, 5.74) is 6.37. The molecular weight excluding hydrogens is 221 g/mol. The summed E-state index contributed by atoms with van der Waals surface area (Å²) in [5, 5.41) is 0. The summed E-state index contributed by atoms with van der Waals surface area (Å²) < 4.78 is 24.7. The number of hydrogen-bond acceptors (Lipinski definition) is 3. The van der Waals surface area contributed by atoms with Crippen LogP contribution >= 0.6 is 0 Å². The zero-order valence-corrected chi connectivity index (χ0v) is 9.67. The molecule has 0 atom stereocenters. The molecule has 17 heavy (non-hydrogen) atoms. The Labute approximate surface area is 99.7 Å². The van der Waals surface area contributed by atoms with E-state index in [0.717, 1.165) is 25.7 Å². The number of hydrogen-bond donors (Lipinski definition) is 1. The van der Waals surface area contributed by atoms with Crippen LogP contribution in [-0.4, -0.2) is 13.3 Å². The van der Waals surface area contributed by atoms with Crippen molar-refractivity contribution in [1.82, 2.24) is 0 Å². The second-order valence-electron chi connectivity index (χ2n) is 4.85. The predicted molar refractivity (Wildman–Crippen MR) is 61.7 cm³/mol. The fourth-order valence-corrected chi connectivity index (χ4v) is 2.98. The minimum atomic E-state index is -0.285. The molecule has 0 unspecified atom stereocenters. The van der Waals surface area contributed by atoms with Crippen LogP contribution in [0.2, 0.25) is 0 Å². The molecule has 0 amide bonds. The number of nitrogens with two attached hydrogens (primary N) is 1. The molecule has 2 aliphatic rings. The topological polar surface area (TPSA) is 44.5 Å². The molecule has 92 valence electrons. The maximum Gasteiger partial charge on any atom is 0.231 e. The van der Waals surface area contributed by atoms with E-state index in [1.54, 1.807) is 12.1 Å². The summed E-state index contributed by atoms with van der Waals surface area (Å²) >= 11 is 0. The molecule has 1 aromatic rings. The lowest BCUT2D eigenvalue weighted by Crippen LogP contribution is -2.33. The highest BCUT2D eigenvalue weighted by atomic mass is 19.1. The molecular formula is C13H16FNO2. The Morgan fingerprint density at radius 2 is 2.00 bits per heavy atom.